The molecule has 4 aromatic rings. The van der Waals surface area contributed by atoms with Crippen LogP contribution in [0.25, 0.3) is 10.9 Å². The zero-order valence-corrected chi connectivity index (χ0v) is 18.8. The summed E-state index contributed by atoms with van der Waals surface area (Å²) >= 11 is 0. The number of hydrogen-bond acceptors (Lipinski definition) is 5. The second kappa shape index (κ2) is 9.76. The monoisotopic (exact) mass is 478 g/mol. The number of hydrogen-bond donors (Lipinski definition) is 1. The molecule has 1 amide bonds. The second-order valence-electron chi connectivity index (χ2n) is 7.62. The number of benzene rings is 3. The van der Waals surface area contributed by atoms with E-state index in [9.17, 15) is 23.2 Å². The third-order valence-electron chi connectivity index (χ3n) is 5.37. The zero-order chi connectivity index (χ0) is 25.1. The van der Waals surface area contributed by atoms with Gasteiger partial charge in [-0.25, -0.2) is 8.78 Å². The largest absolute Gasteiger partial charge is 0.493 e. The maximum Gasteiger partial charge on any atom is 0.244 e. The van der Waals surface area contributed by atoms with E-state index in [1.165, 1.54) is 43.2 Å². The number of methoxy groups -OCH3 is 2. The molecule has 0 unspecified atom stereocenters. The van der Waals surface area contributed by atoms with Crippen molar-refractivity contribution < 1.29 is 27.8 Å². The first-order valence-electron chi connectivity index (χ1n) is 10.5. The fourth-order valence-electron chi connectivity index (χ4n) is 3.69. The molecule has 7 nitrogen and oxygen atoms in total. The Bertz CT molecular complexity index is 1500. The van der Waals surface area contributed by atoms with Gasteiger partial charge in [0.15, 0.2) is 17.3 Å². The fourth-order valence-corrected chi connectivity index (χ4v) is 3.69. The van der Waals surface area contributed by atoms with Crippen LogP contribution in [-0.2, 0) is 11.3 Å². The Morgan fingerprint density at radius 2 is 1.57 bits per heavy atom. The number of carbonyl (C=O) groups is 2. The minimum atomic E-state index is -0.689. The van der Waals surface area contributed by atoms with Crippen LogP contribution < -0.4 is 20.2 Å². The van der Waals surface area contributed by atoms with Gasteiger partial charge in [0.2, 0.25) is 11.3 Å². The summed E-state index contributed by atoms with van der Waals surface area (Å²) < 4.78 is 39.1. The molecule has 0 radical (unpaired) electrons. The minimum absolute atomic E-state index is 0.0584. The lowest BCUT2D eigenvalue weighted by atomic mass is 10.0. The number of nitrogens with zero attached hydrogens (tertiary/aromatic N) is 1. The van der Waals surface area contributed by atoms with Gasteiger partial charge >= 0.3 is 0 Å². The molecule has 1 heterocycles. The fraction of sp³-hybridized carbons (Fsp3) is 0.115. The molecule has 0 aliphatic rings. The number of ketones is 1. The van der Waals surface area contributed by atoms with Crippen LogP contribution in [-0.4, -0.2) is 30.5 Å². The first-order valence-corrected chi connectivity index (χ1v) is 10.5. The van der Waals surface area contributed by atoms with E-state index in [0.717, 1.165) is 24.3 Å². The average molecular weight is 478 g/mol. The summed E-state index contributed by atoms with van der Waals surface area (Å²) in [6, 6.07) is 13.1. The highest BCUT2D eigenvalue weighted by molar-refractivity contribution is 6.10. The standard InChI is InChI=1S/C26H20F2N2O5/c1-34-22-10-8-18(12-23(22)35-2)29-24(31)14-30-13-20(25(32)15-3-5-16(27)6-4-15)26(33)19-11-17(28)7-9-21(19)30/h3-13H,14H2,1-2H3,(H,29,31). The van der Waals surface area contributed by atoms with Gasteiger partial charge in [0.1, 0.15) is 18.2 Å². The number of nitrogens with one attached hydrogen (secondary N) is 1. The van der Waals surface area contributed by atoms with Gasteiger partial charge in [-0.2, -0.15) is 0 Å². The highest BCUT2D eigenvalue weighted by Crippen LogP contribution is 2.29. The number of fused-ring (bicyclic) bond motifs is 1. The van der Waals surface area contributed by atoms with Crippen molar-refractivity contribution in [2.75, 3.05) is 19.5 Å². The van der Waals surface area contributed by atoms with Crippen LogP contribution in [0.3, 0.4) is 0 Å². The predicted octanol–water partition coefficient (Wildman–Crippen LogP) is 4.17. The van der Waals surface area contributed by atoms with Crippen LogP contribution in [0.5, 0.6) is 11.5 Å². The molecule has 9 heteroatoms. The van der Waals surface area contributed by atoms with Crippen molar-refractivity contribution in [3.8, 4) is 11.5 Å². The number of carbonyl (C=O) groups excluding carboxylic acids is 2. The number of anilines is 1. The zero-order valence-electron chi connectivity index (χ0n) is 18.8. The number of pyridine rings is 1. The molecule has 0 saturated heterocycles. The first kappa shape index (κ1) is 23.6. The van der Waals surface area contributed by atoms with E-state index in [1.54, 1.807) is 18.2 Å². The molecule has 0 fully saturated rings. The van der Waals surface area contributed by atoms with Gasteiger partial charge in [0, 0.05) is 28.9 Å². The highest BCUT2D eigenvalue weighted by atomic mass is 19.1. The van der Waals surface area contributed by atoms with Crippen molar-refractivity contribution in [3.05, 3.63) is 99.8 Å². The summed E-state index contributed by atoms with van der Waals surface area (Å²) in [6.45, 7) is -0.277. The maximum atomic E-state index is 14.0. The Labute approximate surface area is 198 Å². The molecule has 0 saturated carbocycles. The van der Waals surface area contributed by atoms with Crippen molar-refractivity contribution in [2.24, 2.45) is 0 Å². The lowest BCUT2D eigenvalue weighted by molar-refractivity contribution is -0.116. The van der Waals surface area contributed by atoms with E-state index in [0.29, 0.717) is 17.2 Å². The summed E-state index contributed by atoms with van der Waals surface area (Å²) in [5.74, 6) is -1.43. The SMILES string of the molecule is COc1ccc(NC(=O)Cn2cc(C(=O)c3ccc(F)cc3)c(=O)c3cc(F)ccc32)cc1OC. The van der Waals surface area contributed by atoms with E-state index in [-0.39, 0.29) is 28.6 Å². The van der Waals surface area contributed by atoms with E-state index in [2.05, 4.69) is 5.32 Å². The van der Waals surface area contributed by atoms with Crippen LogP contribution in [0.15, 0.2) is 71.7 Å². The Morgan fingerprint density at radius 3 is 2.26 bits per heavy atom. The molecule has 3 aromatic carbocycles. The smallest absolute Gasteiger partial charge is 0.244 e. The molecule has 1 aromatic heterocycles. The normalized spacial score (nSPS) is 10.7. The summed E-state index contributed by atoms with van der Waals surface area (Å²) in [6.07, 6.45) is 1.25. The average Bonchev–Trinajstić information content (AvgIpc) is 2.85. The lowest BCUT2D eigenvalue weighted by Gasteiger charge is -2.14. The second-order valence-corrected chi connectivity index (χ2v) is 7.62. The highest BCUT2D eigenvalue weighted by Gasteiger charge is 2.19. The molecule has 4 rings (SSSR count). The van der Waals surface area contributed by atoms with Gasteiger partial charge in [0.25, 0.3) is 0 Å². The van der Waals surface area contributed by atoms with Crippen LogP contribution in [0.1, 0.15) is 15.9 Å². The minimum Gasteiger partial charge on any atom is -0.493 e. The van der Waals surface area contributed by atoms with Gasteiger partial charge in [-0.05, 0) is 54.6 Å². The predicted molar refractivity (Wildman–Crippen MR) is 126 cm³/mol. The number of rotatable bonds is 7. The number of ether oxygens (including phenoxy) is 2. The quantitative estimate of drug-likeness (QED) is 0.403. The molecule has 0 atom stereocenters. The molecule has 0 aliphatic heterocycles. The molecule has 35 heavy (non-hydrogen) atoms. The van der Waals surface area contributed by atoms with E-state index >= 15 is 0 Å². The van der Waals surface area contributed by atoms with Crippen molar-refractivity contribution in [3.63, 3.8) is 0 Å². The van der Waals surface area contributed by atoms with Crippen molar-refractivity contribution in [2.45, 2.75) is 6.54 Å². The van der Waals surface area contributed by atoms with Gasteiger partial charge in [-0.1, -0.05) is 0 Å². The van der Waals surface area contributed by atoms with Crippen LogP contribution in [0.2, 0.25) is 0 Å². The number of aromatic nitrogens is 1. The molecule has 178 valence electrons. The molecule has 0 aliphatic carbocycles. The summed E-state index contributed by atoms with van der Waals surface area (Å²) in [4.78, 5) is 38.9. The Balaban J connectivity index is 1.72. The maximum absolute atomic E-state index is 14.0. The molecule has 0 bridgehead atoms. The summed E-state index contributed by atoms with van der Waals surface area (Å²) in [5.41, 5.74) is -0.166. The van der Waals surface area contributed by atoms with Crippen LogP contribution in [0.4, 0.5) is 14.5 Å². The van der Waals surface area contributed by atoms with Gasteiger partial charge in [-0.3, -0.25) is 14.4 Å². The van der Waals surface area contributed by atoms with E-state index in [1.807, 2.05) is 0 Å². The third-order valence-corrected chi connectivity index (χ3v) is 5.37. The molecular formula is C26H20F2N2O5. The molecule has 1 N–H and O–H groups in total. The first-order chi connectivity index (χ1) is 16.8. The van der Waals surface area contributed by atoms with Crippen molar-refractivity contribution >= 4 is 28.3 Å². The summed E-state index contributed by atoms with van der Waals surface area (Å²) in [7, 11) is 2.96. The van der Waals surface area contributed by atoms with Gasteiger partial charge < -0.3 is 19.4 Å². The summed E-state index contributed by atoms with van der Waals surface area (Å²) in [5, 5.41) is 2.66. The van der Waals surface area contributed by atoms with E-state index in [4.69, 9.17) is 9.47 Å². The van der Waals surface area contributed by atoms with Gasteiger partial charge in [-0.15, -0.1) is 0 Å². The van der Waals surface area contributed by atoms with Crippen molar-refractivity contribution in [1.82, 2.24) is 4.57 Å². The number of halogens is 2. The topological polar surface area (TPSA) is 86.6 Å². The Hall–Kier alpha value is -4.53. The van der Waals surface area contributed by atoms with Gasteiger partial charge in [0.05, 0.1) is 25.3 Å². The molecule has 0 spiro atoms. The molecular weight excluding hydrogens is 458 g/mol. The van der Waals surface area contributed by atoms with Crippen molar-refractivity contribution in [1.29, 1.82) is 0 Å². The van der Waals surface area contributed by atoms with E-state index < -0.39 is 28.8 Å². The Morgan fingerprint density at radius 1 is 0.886 bits per heavy atom. The van der Waals surface area contributed by atoms with Crippen LogP contribution >= 0.6 is 0 Å². The lowest BCUT2D eigenvalue weighted by Crippen LogP contribution is -2.24. The third kappa shape index (κ3) is 4.89. The Kier molecular flexibility index (Phi) is 6.59. The van der Waals surface area contributed by atoms with Crippen LogP contribution in [0, 0.1) is 11.6 Å². The number of amides is 1.